The third-order valence-corrected chi connectivity index (χ3v) is 4.33. The van der Waals surface area contributed by atoms with Gasteiger partial charge < -0.3 is 9.52 Å². The van der Waals surface area contributed by atoms with E-state index in [0.29, 0.717) is 23.1 Å². The smallest absolute Gasteiger partial charge is 0.236 e. The van der Waals surface area contributed by atoms with Gasteiger partial charge in [-0.05, 0) is 18.4 Å². The fourth-order valence-corrected chi connectivity index (χ4v) is 2.96. The molecule has 1 atom stereocenters. The third-order valence-electron chi connectivity index (χ3n) is 2.24. The van der Waals surface area contributed by atoms with Crippen LogP contribution in [-0.4, -0.2) is 26.7 Å². The van der Waals surface area contributed by atoms with Gasteiger partial charge in [0, 0.05) is 16.6 Å². The number of oxazole rings is 1. The monoisotopic (exact) mass is 271 g/mol. The molecule has 1 N–H and O–H groups in total. The number of rotatable bonds is 5. The van der Waals surface area contributed by atoms with Gasteiger partial charge >= 0.3 is 0 Å². The maximum atomic E-state index is 11.5. The average Bonchev–Trinajstić information content (AvgIpc) is 2.89. The van der Waals surface area contributed by atoms with Crippen LogP contribution in [0, 0.1) is 6.92 Å². The van der Waals surface area contributed by atoms with Gasteiger partial charge in [-0.1, -0.05) is 6.07 Å². The Bertz CT molecular complexity index is 505. The highest BCUT2D eigenvalue weighted by molar-refractivity contribution is 7.84. The van der Waals surface area contributed by atoms with Crippen molar-refractivity contribution in [1.82, 2.24) is 4.98 Å². The summed E-state index contributed by atoms with van der Waals surface area (Å²) in [6.07, 6.45) is 0. The Labute approximate surface area is 106 Å². The number of nitrogens with zero attached hydrogens (tertiary/aromatic N) is 1. The largest absolute Gasteiger partial charge is 0.440 e. The van der Waals surface area contributed by atoms with E-state index in [2.05, 4.69) is 4.98 Å². The van der Waals surface area contributed by atoms with Crippen molar-refractivity contribution in [3.63, 3.8) is 0 Å². The molecule has 0 saturated carbocycles. The molecule has 92 valence electrons. The molecule has 1 unspecified atom stereocenters. The van der Waals surface area contributed by atoms with E-state index < -0.39 is 10.8 Å². The number of hydrogen-bond acceptors (Lipinski definition) is 5. The van der Waals surface area contributed by atoms with E-state index in [-0.39, 0.29) is 12.4 Å². The van der Waals surface area contributed by atoms with Crippen LogP contribution in [0.25, 0.3) is 10.8 Å². The molecule has 4 nitrogen and oxygen atoms in total. The normalized spacial score (nSPS) is 12.8. The van der Waals surface area contributed by atoms with Gasteiger partial charge in [0.25, 0.3) is 0 Å². The summed E-state index contributed by atoms with van der Waals surface area (Å²) in [6, 6.07) is 3.87. The Kier molecular flexibility index (Phi) is 4.09. The Morgan fingerprint density at radius 1 is 1.59 bits per heavy atom. The second-order valence-corrected chi connectivity index (χ2v) is 6.04. The summed E-state index contributed by atoms with van der Waals surface area (Å²) in [4.78, 5) is 5.31. The fourth-order valence-electron chi connectivity index (χ4n) is 1.39. The molecular weight excluding hydrogens is 258 g/mol. The summed E-state index contributed by atoms with van der Waals surface area (Å²) in [5.41, 5.74) is 0.709. The van der Waals surface area contributed by atoms with Gasteiger partial charge in [-0.25, -0.2) is 4.98 Å². The molecule has 0 aliphatic carbocycles. The van der Waals surface area contributed by atoms with E-state index in [0.717, 1.165) is 4.88 Å². The van der Waals surface area contributed by atoms with Crippen molar-refractivity contribution in [2.24, 2.45) is 0 Å². The van der Waals surface area contributed by atoms with Crippen molar-refractivity contribution >= 4 is 22.1 Å². The minimum atomic E-state index is -1.08. The number of aliphatic hydroxyl groups excluding tert-OH is 1. The predicted molar refractivity (Wildman–Crippen MR) is 68.4 cm³/mol. The summed E-state index contributed by atoms with van der Waals surface area (Å²) < 4.78 is 17.1. The molecule has 0 radical (unpaired) electrons. The second kappa shape index (κ2) is 5.57. The van der Waals surface area contributed by atoms with Crippen LogP contribution in [0.15, 0.2) is 21.9 Å². The SMILES string of the molecule is Cc1oc(-c2cccs2)nc1CS(=O)CCO. The summed E-state index contributed by atoms with van der Waals surface area (Å²) in [6.45, 7) is 1.75. The van der Waals surface area contributed by atoms with E-state index in [1.54, 1.807) is 11.3 Å². The number of hydrogen-bond donors (Lipinski definition) is 1. The minimum absolute atomic E-state index is 0.0682. The van der Waals surface area contributed by atoms with Crippen LogP contribution < -0.4 is 0 Å². The van der Waals surface area contributed by atoms with Crippen LogP contribution in [0.4, 0.5) is 0 Å². The summed E-state index contributed by atoms with van der Waals surface area (Å²) in [5.74, 6) is 1.88. The highest BCUT2D eigenvalue weighted by atomic mass is 32.2. The van der Waals surface area contributed by atoms with Crippen molar-refractivity contribution in [3.05, 3.63) is 29.0 Å². The van der Waals surface area contributed by atoms with Crippen molar-refractivity contribution in [3.8, 4) is 10.8 Å². The van der Waals surface area contributed by atoms with Gasteiger partial charge in [0.1, 0.15) is 5.76 Å². The molecule has 0 aromatic carbocycles. The highest BCUT2D eigenvalue weighted by Crippen LogP contribution is 2.26. The molecule has 0 saturated heterocycles. The standard InChI is InChI=1S/C11H13NO3S2/c1-8-9(7-17(14)6-4-13)12-11(15-8)10-3-2-5-16-10/h2-3,5,13H,4,6-7H2,1H3. The van der Waals surface area contributed by atoms with Gasteiger partial charge in [0.2, 0.25) is 5.89 Å². The first-order chi connectivity index (χ1) is 8.20. The van der Waals surface area contributed by atoms with Crippen LogP contribution in [0.1, 0.15) is 11.5 Å². The molecule has 6 heteroatoms. The van der Waals surface area contributed by atoms with E-state index in [1.165, 1.54) is 0 Å². The van der Waals surface area contributed by atoms with Crippen LogP contribution in [0.5, 0.6) is 0 Å². The minimum Gasteiger partial charge on any atom is -0.440 e. The fraction of sp³-hybridized carbons (Fsp3) is 0.364. The van der Waals surface area contributed by atoms with E-state index in [9.17, 15) is 4.21 Å². The number of aryl methyl sites for hydroxylation is 1. The maximum Gasteiger partial charge on any atom is 0.236 e. The molecule has 0 bridgehead atoms. The van der Waals surface area contributed by atoms with Gasteiger partial charge in [0.15, 0.2) is 0 Å². The lowest BCUT2D eigenvalue weighted by atomic mass is 10.4. The van der Waals surface area contributed by atoms with Crippen molar-refractivity contribution in [2.45, 2.75) is 12.7 Å². The Morgan fingerprint density at radius 3 is 3.06 bits per heavy atom. The molecule has 2 rings (SSSR count). The van der Waals surface area contributed by atoms with E-state index >= 15 is 0 Å². The second-order valence-electron chi connectivity index (χ2n) is 3.51. The lowest BCUT2D eigenvalue weighted by Crippen LogP contribution is -2.05. The van der Waals surface area contributed by atoms with E-state index in [1.807, 2.05) is 24.4 Å². The third kappa shape index (κ3) is 3.02. The summed E-state index contributed by atoms with van der Waals surface area (Å²) >= 11 is 1.56. The molecule has 0 spiro atoms. The van der Waals surface area contributed by atoms with Crippen molar-refractivity contribution < 1.29 is 13.7 Å². The molecule has 2 aromatic rings. The molecule has 0 fully saturated rings. The highest BCUT2D eigenvalue weighted by Gasteiger charge is 2.14. The predicted octanol–water partition coefficient (Wildman–Crippen LogP) is 1.95. The summed E-state index contributed by atoms with van der Waals surface area (Å²) in [7, 11) is -1.08. The maximum absolute atomic E-state index is 11.5. The molecule has 2 heterocycles. The quantitative estimate of drug-likeness (QED) is 0.903. The van der Waals surface area contributed by atoms with Gasteiger partial charge in [-0.2, -0.15) is 0 Å². The molecule has 2 aromatic heterocycles. The zero-order valence-electron chi connectivity index (χ0n) is 9.38. The molecule has 0 amide bonds. The Balaban J connectivity index is 2.17. The molecule has 0 aliphatic rings. The zero-order valence-corrected chi connectivity index (χ0v) is 11.0. The first-order valence-electron chi connectivity index (χ1n) is 5.16. The molecule has 0 aliphatic heterocycles. The zero-order chi connectivity index (χ0) is 12.3. The van der Waals surface area contributed by atoms with E-state index in [4.69, 9.17) is 9.52 Å². The number of thiophene rings is 1. The first kappa shape index (κ1) is 12.5. The first-order valence-corrected chi connectivity index (χ1v) is 7.53. The summed E-state index contributed by atoms with van der Waals surface area (Å²) in [5, 5.41) is 10.7. The average molecular weight is 271 g/mol. The van der Waals surface area contributed by atoms with Crippen molar-refractivity contribution in [1.29, 1.82) is 0 Å². The van der Waals surface area contributed by atoms with Crippen LogP contribution in [0.3, 0.4) is 0 Å². The Hall–Kier alpha value is -0.980. The van der Waals surface area contributed by atoms with Gasteiger partial charge in [-0.15, -0.1) is 11.3 Å². The lowest BCUT2D eigenvalue weighted by molar-refractivity contribution is 0.321. The topological polar surface area (TPSA) is 63.3 Å². The number of aliphatic hydroxyl groups is 1. The number of aromatic nitrogens is 1. The van der Waals surface area contributed by atoms with Gasteiger partial charge in [0.05, 0.1) is 22.9 Å². The van der Waals surface area contributed by atoms with Crippen molar-refractivity contribution in [2.75, 3.05) is 12.4 Å². The van der Waals surface area contributed by atoms with Crippen LogP contribution in [-0.2, 0) is 16.6 Å². The lowest BCUT2D eigenvalue weighted by Gasteiger charge is -1.96. The van der Waals surface area contributed by atoms with Crippen LogP contribution in [0.2, 0.25) is 0 Å². The van der Waals surface area contributed by atoms with Gasteiger partial charge in [-0.3, -0.25) is 4.21 Å². The molecular formula is C11H13NO3S2. The molecule has 17 heavy (non-hydrogen) atoms. The Morgan fingerprint density at radius 2 is 2.41 bits per heavy atom. The van der Waals surface area contributed by atoms with Crippen LogP contribution >= 0.6 is 11.3 Å².